The molecule has 5 heterocycles. The van der Waals surface area contributed by atoms with Gasteiger partial charge in [-0.3, -0.25) is 9.59 Å². The fraction of sp³-hybridized carbons (Fsp3) is 0.921. The van der Waals surface area contributed by atoms with E-state index >= 15 is 0 Å². The summed E-state index contributed by atoms with van der Waals surface area (Å²) < 4.78 is 58.5. The van der Waals surface area contributed by atoms with Gasteiger partial charge in [-0.05, 0) is 44.9 Å². The molecule has 5 aliphatic heterocycles. The van der Waals surface area contributed by atoms with E-state index < -0.39 is 211 Å². The predicted molar refractivity (Wildman–Crippen MR) is 386 cm³/mol. The quantitative estimate of drug-likeness (QED) is 0.0307. The van der Waals surface area contributed by atoms with Gasteiger partial charge in [0.05, 0.1) is 51.8 Å². The van der Waals surface area contributed by atoms with Gasteiger partial charge in [-0.2, -0.15) is 0 Å². The molecule has 30 nitrogen and oxygen atoms in total. The molecule has 0 radical (unpaired) electrons. The van der Waals surface area contributed by atoms with Crippen LogP contribution in [-0.4, -0.2) is 299 Å². The molecular weight excluding hydrogens is 1390 g/mol. The van der Waals surface area contributed by atoms with Crippen LogP contribution >= 0.6 is 0 Å². The van der Waals surface area contributed by atoms with Gasteiger partial charge in [0.1, 0.15) is 122 Å². The number of aliphatic hydroxyl groups excluding tert-OH is 16. The van der Waals surface area contributed by atoms with Crippen LogP contribution in [-0.2, 0) is 57.0 Å². The van der Waals surface area contributed by atoms with Crippen molar-refractivity contribution in [2.45, 2.75) is 405 Å². The molecular formula is C76H138N2O28. The Bertz CT molecular complexity index is 2340. The van der Waals surface area contributed by atoms with E-state index in [1.54, 1.807) is 6.08 Å². The van der Waals surface area contributed by atoms with E-state index in [-0.39, 0.29) is 12.3 Å². The molecule has 0 bridgehead atoms. The van der Waals surface area contributed by atoms with Crippen LogP contribution in [0.15, 0.2) is 24.3 Å². The second-order valence-electron chi connectivity index (χ2n) is 29.6. The predicted octanol–water partition coefficient (Wildman–Crippen LogP) is 2.50. The van der Waals surface area contributed by atoms with Gasteiger partial charge in [0.15, 0.2) is 31.5 Å². The zero-order valence-corrected chi connectivity index (χ0v) is 63.2. The number of amides is 2. The van der Waals surface area contributed by atoms with Gasteiger partial charge < -0.3 is 140 Å². The largest absolute Gasteiger partial charge is 0.394 e. The number of allylic oxidation sites excluding steroid dienone is 3. The summed E-state index contributed by atoms with van der Waals surface area (Å²) in [5, 5.41) is 181. The number of aliphatic hydroxyl groups is 16. The molecule has 0 aliphatic carbocycles. The van der Waals surface area contributed by atoms with E-state index in [0.717, 1.165) is 51.9 Å². The third kappa shape index (κ3) is 31.4. The Morgan fingerprint density at radius 3 is 1.15 bits per heavy atom. The highest BCUT2D eigenvalue weighted by atomic mass is 16.8. The van der Waals surface area contributed by atoms with Gasteiger partial charge in [0, 0.05) is 13.3 Å². The Hall–Kier alpha value is -2.62. The second-order valence-corrected chi connectivity index (χ2v) is 29.6. The third-order valence-electron chi connectivity index (χ3n) is 20.9. The van der Waals surface area contributed by atoms with Gasteiger partial charge in [-0.25, -0.2) is 0 Å². The lowest BCUT2D eigenvalue weighted by Crippen LogP contribution is -2.70. The minimum atomic E-state index is -2.19. The Morgan fingerprint density at radius 1 is 0.368 bits per heavy atom. The Kier molecular flexibility index (Phi) is 47.3. The van der Waals surface area contributed by atoms with E-state index in [1.807, 2.05) is 6.08 Å². The van der Waals surface area contributed by atoms with Crippen LogP contribution < -0.4 is 10.6 Å². The summed E-state index contributed by atoms with van der Waals surface area (Å²) in [5.41, 5.74) is 0. The van der Waals surface area contributed by atoms with Crippen LogP contribution in [0.3, 0.4) is 0 Å². The number of unbranched alkanes of at least 4 members (excludes halogenated alkanes) is 30. The zero-order valence-electron chi connectivity index (χ0n) is 63.2. The summed E-state index contributed by atoms with van der Waals surface area (Å²) in [7, 11) is 0. The first kappa shape index (κ1) is 94.0. The van der Waals surface area contributed by atoms with Crippen molar-refractivity contribution in [3.63, 3.8) is 0 Å². The second kappa shape index (κ2) is 53.4. The molecule has 106 heavy (non-hydrogen) atoms. The van der Waals surface area contributed by atoms with Gasteiger partial charge >= 0.3 is 0 Å². The number of rotatable bonds is 55. The zero-order chi connectivity index (χ0) is 77.3. The first-order valence-corrected chi connectivity index (χ1v) is 40.1. The van der Waals surface area contributed by atoms with Crippen molar-refractivity contribution in [3.05, 3.63) is 24.3 Å². The topological polar surface area (TPSA) is 474 Å². The molecule has 5 saturated heterocycles. The molecule has 0 spiro atoms. The number of carbonyl (C=O) groups is 2. The highest BCUT2D eigenvalue weighted by molar-refractivity contribution is 5.76. The van der Waals surface area contributed by atoms with E-state index in [4.69, 9.17) is 47.4 Å². The van der Waals surface area contributed by atoms with Crippen molar-refractivity contribution < 1.29 is 139 Å². The van der Waals surface area contributed by atoms with Crippen LogP contribution in [0.4, 0.5) is 0 Å². The first-order chi connectivity index (χ1) is 51.2. The Morgan fingerprint density at radius 2 is 0.708 bits per heavy atom. The molecule has 5 rings (SSSR count). The summed E-state index contributed by atoms with van der Waals surface area (Å²) in [4.78, 5) is 26.2. The molecule has 620 valence electrons. The minimum Gasteiger partial charge on any atom is -0.394 e. The molecule has 5 aliphatic rings. The molecule has 30 heteroatoms. The van der Waals surface area contributed by atoms with E-state index in [2.05, 4.69) is 36.6 Å². The van der Waals surface area contributed by atoms with Gasteiger partial charge in [0.25, 0.3) is 0 Å². The number of nitrogens with one attached hydrogen (secondary N) is 2. The monoisotopic (exact) mass is 1530 g/mol. The minimum absolute atomic E-state index is 0.195. The Labute approximate surface area is 627 Å². The smallest absolute Gasteiger partial charge is 0.220 e. The lowest BCUT2D eigenvalue weighted by Gasteiger charge is -2.50. The Balaban J connectivity index is 1.14. The SMILES string of the molecule is CCCCCCCC/C=C\CCCCCCCCCCCCCCCC(=O)N[C@@H](CO[C@@H]1OC(CO)[C@@H](O[C@@H]2OC(CO)[C@H](O[C@@H]3OC(CO)[C@H](O)[C@H](O[C@@H]4OC(CO)[C@H](O)[C@H](O[C@@H]5OC(CO)[C@H](O)[C@H](O)C5O)C4NC(C)=O)C3O)[C@H](O)C2O)[C@H](O)C1O)[C@H](O)/C=C/CCCCCCCCCCCCC. The summed E-state index contributed by atoms with van der Waals surface area (Å²) in [6.07, 6.45) is 0.953. The molecule has 0 saturated carbocycles. The molecule has 10 unspecified atom stereocenters. The van der Waals surface area contributed by atoms with E-state index in [9.17, 15) is 91.3 Å². The van der Waals surface area contributed by atoms with Crippen molar-refractivity contribution in [2.24, 2.45) is 0 Å². The van der Waals surface area contributed by atoms with Crippen molar-refractivity contribution >= 4 is 11.8 Å². The summed E-state index contributed by atoms with van der Waals surface area (Å²) in [6, 6.07) is -2.74. The van der Waals surface area contributed by atoms with Crippen LogP contribution in [0, 0.1) is 0 Å². The maximum atomic E-state index is 13.5. The average Bonchev–Trinajstić information content (AvgIpc) is 0.775. The highest BCUT2D eigenvalue weighted by Gasteiger charge is 2.57. The van der Waals surface area contributed by atoms with Crippen LogP contribution in [0.2, 0.25) is 0 Å². The van der Waals surface area contributed by atoms with Gasteiger partial charge in [-0.1, -0.05) is 205 Å². The van der Waals surface area contributed by atoms with Gasteiger partial charge in [-0.15, -0.1) is 0 Å². The van der Waals surface area contributed by atoms with E-state index in [1.165, 1.54) is 154 Å². The van der Waals surface area contributed by atoms with Crippen LogP contribution in [0.1, 0.15) is 239 Å². The lowest BCUT2D eigenvalue weighted by atomic mass is 9.94. The van der Waals surface area contributed by atoms with Crippen molar-refractivity contribution in [3.8, 4) is 0 Å². The normalized spacial score (nSPS) is 34.4. The fourth-order valence-corrected chi connectivity index (χ4v) is 14.3. The number of carbonyl (C=O) groups excluding carboxylic acids is 2. The molecule has 5 fully saturated rings. The third-order valence-corrected chi connectivity index (χ3v) is 20.9. The van der Waals surface area contributed by atoms with Gasteiger partial charge in [0.2, 0.25) is 11.8 Å². The highest BCUT2D eigenvalue weighted by Crippen LogP contribution is 2.37. The molecule has 18 N–H and O–H groups in total. The van der Waals surface area contributed by atoms with Crippen LogP contribution in [0.5, 0.6) is 0 Å². The first-order valence-electron chi connectivity index (χ1n) is 40.1. The summed E-state index contributed by atoms with van der Waals surface area (Å²) in [6.45, 7) is 0.357. The fourth-order valence-electron chi connectivity index (χ4n) is 14.3. The van der Waals surface area contributed by atoms with Crippen LogP contribution in [0.25, 0.3) is 0 Å². The van der Waals surface area contributed by atoms with Crippen molar-refractivity contribution in [1.82, 2.24) is 10.6 Å². The standard InChI is InChI=1S/C76H138N2O28/c1-4-6-8-10-12-14-16-18-19-20-21-22-23-24-25-26-27-29-31-33-35-37-39-41-56(86)78-49(50(85)40-38-36-34-32-30-28-17-15-13-11-9-7-5-2)47-97-73-65(94)62(91)68(54(45-82)101-73)103-75-66(95)63(92)69(55(46-83)102-75)104-76-67(96)71(60(89)53(44-81)100-76)106-72-57(77-48(3)84)70(59(88)52(43-80)98-72)105-74-64(93)61(90)58(87)51(42-79)99-74/h18-19,38,40,49-55,57-76,79-83,85,87-96H,4-17,20-37,39,41-47H2,1-3H3,(H,77,84)(H,78,86)/b19-18-,40-38+/t49-,50+,51?,52?,53?,54?,55?,57?,58-,59-,60-,61-,62+,63+,64?,65?,66?,67?,68+,69-,70+,71-,72-,73+,74-,75-,76-/m0/s1. The molecule has 0 aromatic rings. The molecule has 0 aromatic carbocycles. The lowest BCUT2D eigenvalue weighted by molar-refractivity contribution is -0.389. The summed E-state index contributed by atoms with van der Waals surface area (Å²) in [5.74, 6) is -1.13. The molecule has 27 atom stereocenters. The number of hydrogen-bond donors (Lipinski definition) is 18. The summed E-state index contributed by atoms with van der Waals surface area (Å²) >= 11 is 0. The molecule has 2 amide bonds. The van der Waals surface area contributed by atoms with Crippen molar-refractivity contribution in [2.75, 3.05) is 39.6 Å². The molecule has 0 aromatic heterocycles. The average molecular weight is 1530 g/mol. The number of hydrogen-bond acceptors (Lipinski definition) is 28. The van der Waals surface area contributed by atoms with E-state index in [0.29, 0.717) is 12.8 Å². The maximum Gasteiger partial charge on any atom is 0.220 e. The number of ether oxygens (including phenoxy) is 10. The maximum absolute atomic E-state index is 13.5. The van der Waals surface area contributed by atoms with Crippen molar-refractivity contribution in [1.29, 1.82) is 0 Å².